The summed E-state index contributed by atoms with van der Waals surface area (Å²) in [6.45, 7) is 0. The third kappa shape index (κ3) is 1.86. The van der Waals surface area contributed by atoms with Crippen LogP contribution in [0.2, 0.25) is 0 Å². The number of ether oxygens (including phenoxy) is 1. The van der Waals surface area contributed by atoms with Crippen LogP contribution in [0, 0.1) is 3.57 Å². The van der Waals surface area contributed by atoms with Crippen LogP contribution >= 0.6 is 38.5 Å². The van der Waals surface area contributed by atoms with Gasteiger partial charge >= 0.3 is 0 Å². The van der Waals surface area contributed by atoms with Crippen LogP contribution in [-0.2, 0) is 6.42 Å². The van der Waals surface area contributed by atoms with E-state index < -0.39 is 0 Å². The molecule has 0 saturated heterocycles. The molecule has 0 spiro atoms. The highest BCUT2D eigenvalue weighted by Gasteiger charge is 2.16. The second-order valence-corrected chi connectivity index (χ2v) is 5.94. The molecule has 0 radical (unpaired) electrons. The molecular weight excluding hydrogens is 379 g/mol. The van der Waals surface area contributed by atoms with Gasteiger partial charge < -0.3 is 4.74 Å². The zero-order chi connectivity index (χ0) is 11.1. The zero-order valence-electron chi connectivity index (χ0n) is 8.34. The van der Waals surface area contributed by atoms with E-state index >= 15 is 0 Å². The van der Waals surface area contributed by atoms with Crippen molar-refractivity contribution >= 4 is 38.5 Å². The van der Waals surface area contributed by atoms with Crippen molar-refractivity contribution in [1.82, 2.24) is 0 Å². The quantitative estimate of drug-likeness (QED) is 0.506. The largest absolute Gasteiger partial charge is 0.457 e. The predicted molar refractivity (Wildman–Crippen MR) is 76.2 cm³/mol. The fourth-order valence-corrected chi connectivity index (χ4v) is 2.77. The Hall–Kier alpha value is -0.550. The van der Waals surface area contributed by atoms with E-state index in [9.17, 15) is 0 Å². The molecule has 0 unspecified atom stereocenters. The van der Waals surface area contributed by atoms with Gasteiger partial charge in [0.15, 0.2) is 0 Å². The highest BCUT2D eigenvalue weighted by molar-refractivity contribution is 14.1. The Balaban J connectivity index is 2.09. The molecule has 0 N–H and O–H groups in total. The summed E-state index contributed by atoms with van der Waals surface area (Å²) in [7, 11) is 0. The van der Waals surface area contributed by atoms with Crippen LogP contribution in [0.25, 0.3) is 0 Å². The number of benzene rings is 2. The minimum absolute atomic E-state index is 0.953. The van der Waals surface area contributed by atoms with E-state index in [2.05, 4.69) is 62.8 Å². The number of halogens is 2. The van der Waals surface area contributed by atoms with Crippen LogP contribution in [0.3, 0.4) is 0 Å². The lowest BCUT2D eigenvalue weighted by Crippen LogP contribution is -2.03. The van der Waals surface area contributed by atoms with Crippen molar-refractivity contribution < 1.29 is 4.74 Å². The Bertz CT molecular complexity index is 514. The van der Waals surface area contributed by atoms with Crippen molar-refractivity contribution in [3.63, 3.8) is 0 Å². The monoisotopic (exact) mass is 386 g/mol. The Morgan fingerprint density at radius 1 is 1.00 bits per heavy atom. The highest BCUT2D eigenvalue weighted by atomic mass is 127. The summed E-state index contributed by atoms with van der Waals surface area (Å²) in [6, 6.07) is 12.5. The number of rotatable bonds is 0. The summed E-state index contributed by atoms with van der Waals surface area (Å²) in [5, 5.41) is 0. The van der Waals surface area contributed by atoms with E-state index in [1.807, 2.05) is 12.1 Å². The molecule has 3 heteroatoms. The van der Waals surface area contributed by atoms with Gasteiger partial charge in [-0.05, 0) is 58.5 Å². The normalized spacial score (nSPS) is 12.6. The van der Waals surface area contributed by atoms with Crippen molar-refractivity contribution in [2.45, 2.75) is 6.42 Å². The number of hydrogen-bond donors (Lipinski definition) is 0. The van der Waals surface area contributed by atoms with E-state index in [0.29, 0.717) is 0 Å². The predicted octanol–water partition coefficient (Wildman–Crippen LogP) is 4.75. The Kier molecular flexibility index (Phi) is 2.67. The van der Waals surface area contributed by atoms with Gasteiger partial charge in [-0.25, -0.2) is 0 Å². The van der Waals surface area contributed by atoms with Gasteiger partial charge in [0.25, 0.3) is 0 Å². The molecule has 2 aromatic rings. The molecule has 1 heterocycles. The zero-order valence-corrected chi connectivity index (χ0v) is 12.1. The first-order valence-corrected chi connectivity index (χ1v) is 6.84. The van der Waals surface area contributed by atoms with Crippen LogP contribution in [0.1, 0.15) is 11.1 Å². The third-order valence-electron chi connectivity index (χ3n) is 2.65. The molecule has 0 atom stereocenters. The summed E-state index contributed by atoms with van der Waals surface area (Å²) in [4.78, 5) is 0. The van der Waals surface area contributed by atoms with Gasteiger partial charge in [0.05, 0.1) is 0 Å². The molecule has 0 aliphatic carbocycles. The summed E-state index contributed by atoms with van der Waals surface area (Å²) >= 11 is 5.79. The molecule has 2 aromatic carbocycles. The molecule has 1 nitrogen and oxygen atoms in total. The van der Waals surface area contributed by atoms with Gasteiger partial charge in [0.2, 0.25) is 0 Å². The number of hydrogen-bond acceptors (Lipinski definition) is 1. The van der Waals surface area contributed by atoms with Crippen LogP contribution in [-0.4, -0.2) is 0 Å². The van der Waals surface area contributed by atoms with E-state index in [0.717, 1.165) is 22.4 Å². The second kappa shape index (κ2) is 4.04. The Morgan fingerprint density at radius 2 is 1.88 bits per heavy atom. The molecule has 0 bridgehead atoms. The third-order valence-corrected chi connectivity index (χ3v) is 3.82. The van der Waals surface area contributed by atoms with Crippen molar-refractivity contribution in [1.29, 1.82) is 0 Å². The van der Waals surface area contributed by atoms with Gasteiger partial charge in [-0.3, -0.25) is 0 Å². The smallest absolute Gasteiger partial charge is 0.132 e. The summed E-state index contributed by atoms with van der Waals surface area (Å²) in [6.07, 6.45) is 0.953. The van der Waals surface area contributed by atoms with E-state index in [4.69, 9.17) is 4.74 Å². The maximum atomic E-state index is 5.88. The molecular formula is C13H8BrIO. The molecule has 0 amide bonds. The van der Waals surface area contributed by atoms with Crippen molar-refractivity contribution in [2.75, 3.05) is 0 Å². The molecule has 0 aromatic heterocycles. The lowest BCUT2D eigenvalue weighted by atomic mass is 10.0. The van der Waals surface area contributed by atoms with Crippen LogP contribution in [0.5, 0.6) is 11.5 Å². The topological polar surface area (TPSA) is 9.23 Å². The lowest BCUT2D eigenvalue weighted by molar-refractivity contribution is 0.459. The van der Waals surface area contributed by atoms with Crippen LogP contribution < -0.4 is 4.74 Å². The van der Waals surface area contributed by atoms with E-state index in [-0.39, 0.29) is 0 Å². The van der Waals surface area contributed by atoms with Gasteiger partial charge in [-0.2, -0.15) is 0 Å². The first kappa shape index (κ1) is 10.6. The first-order valence-electron chi connectivity index (χ1n) is 4.97. The molecule has 0 fully saturated rings. The molecule has 1 aliphatic heterocycles. The lowest BCUT2D eigenvalue weighted by Gasteiger charge is -2.20. The van der Waals surface area contributed by atoms with Crippen LogP contribution in [0.15, 0.2) is 40.9 Å². The fraction of sp³-hybridized carbons (Fsp3) is 0.0769. The minimum Gasteiger partial charge on any atom is -0.457 e. The Labute approximate surface area is 116 Å². The van der Waals surface area contributed by atoms with Crippen LogP contribution in [0.4, 0.5) is 0 Å². The fourth-order valence-electron chi connectivity index (χ4n) is 1.88. The maximum absolute atomic E-state index is 5.88. The highest BCUT2D eigenvalue weighted by Crippen LogP contribution is 2.38. The standard InChI is InChI=1S/C13H8BrIO/c14-10-2-1-8-5-9-6-11(15)3-4-12(9)16-13(8)7-10/h1-4,6-7H,5H2. The van der Waals surface area contributed by atoms with Gasteiger partial charge in [-0.1, -0.05) is 22.0 Å². The second-order valence-electron chi connectivity index (χ2n) is 3.78. The SMILES string of the molecule is Brc1ccc2c(c1)Oc1ccc(I)cc1C2. The van der Waals surface area contributed by atoms with Gasteiger partial charge in [0.1, 0.15) is 11.5 Å². The average molecular weight is 387 g/mol. The van der Waals surface area contributed by atoms with Crippen molar-refractivity contribution in [3.8, 4) is 11.5 Å². The van der Waals surface area contributed by atoms with Crippen molar-refractivity contribution in [3.05, 3.63) is 55.6 Å². The maximum Gasteiger partial charge on any atom is 0.132 e. The molecule has 16 heavy (non-hydrogen) atoms. The average Bonchev–Trinajstić information content (AvgIpc) is 2.26. The first-order chi connectivity index (χ1) is 7.72. The summed E-state index contributed by atoms with van der Waals surface area (Å²) in [5.74, 6) is 1.94. The van der Waals surface area contributed by atoms with E-state index in [1.54, 1.807) is 0 Å². The van der Waals surface area contributed by atoms with Crippen molar-refractivity contribution in [2.24, 2.45) is 0 Å². The minimum atomic E-state index is 0.953. The van der Waals surface area contributed by atoms with Gasteiger partial charge in [-0.15, -0.1) is 0 Å². The molecule has 1 aliphatic rings. The molecule has 3 rings (SSSR count). The van der Waals surface area contributed by atoms with E-state index in [1.165, 1.54) is 14.7 Å². The number of fused-ring (bicyclic) bond motifs is 2. The Morgan fingerprint density at radius 3 is 2.75 bits per heavy atom. The molecule has 80 valence electrons. The summed E-state index contributed by atoms with van der Waals surface area (Å²) in [5.41, 5.74) is 2.51. The summed E-state index contributed by atoms with van der Waals surface area (Å²) < 4.78 is 8.19. The van der Waals surface area contributed by atoms with Gasteiger partial charge in [0, 0.05) is 20.0 Å². The molecule has 0 saturated carbocycles.